The highest BCUT2D eigenvalue weighted by molar-refractivity contribution is 7.47. The Morgan fingerprint density at radius 3 is 1.38 bits per heavy atom. The van der Waals surface area contributed by atoms with Gasteiger partial charge in [-0.2, -0.15) is 0 Å². The predicted octanol–water partition coefficient (Wildman–Crippen LogP) is 13.5. The van der Waals surface area contributed by atoms with Crippen LogP contribution >= 0.6 is 7.82 Å². The summed E-state index contributed by atoms with van der Waals surface area (Å²) in [5, 5.41) is 18.4. The molecule has 3 unspecified atom stereocenters. The quantitative estimate of drug-likeness (QED) is 0.0233. The van der Waals surface area contributed by atoms with Crippen LogP contribution in [-0.4, -0.2) is 65.7 Å². The number of carbonyl (C=O) groups excluding carboxylic acids is 2. The standard InChI is InChI=1S/C50H89O10P/c1-3-5-7-9-11-13-15-17-19-20-21-22-23-24-25-26-28-30-32-34-36-38-40-42-50(54)60-48(46-59-61(55,56)58-44-47(52)43-51)45-57-49(53)41-39-37-35-33-31-29-27-18-16-14-12-10-8-6-4-2/h5,7,11,13,17-19,21-22,27,47-48,51-52H,3-4,6,8-10,12,14-16,20,23-26,28-46H2,1-2H3,(H,55,56)/b7-5-,13-11-,19-17-,22-21-,27-18-. The van der Waals surface area contributed by atoms with Gasteiger partial charge in [0.05, 0.1) is 19.8 Å². The first-order valence-electron chi connectivity index (χ1n) is 24.2. The van der Waals surface area contributed by atoms with Crippen molar-refractivity contribution in [2.75, 3.05) is 26.4 Å². The molecule has 0 saturated heterocycles. The molecule has 3 N–H and O–H groups in total. The minimum absolute atomic E-state index is 0.175. The molecule has 0 aromatic rings. The fourth-order valence-electron chi connectivity index (χ4n) is 6.45. The average molecular weight is 881 g/mol. The summed E-state index contributed by atoms with van der Waals surface area (Å²) in [5.41, 5.74) is 0. The zero-order valence-corrected chi connectivity index (χ0v) is 39.5. The summed E-state index contributed by atoms with van der Waals surface area (Å²) in [5.74, 6) is -0.938. The summed E-state index contributed by atoms with van der Waals surface area (Å²) in [6.07, 6.45) is 51.8. The third-order valence-corrected chi connectivity index (χ3v) is 11.1. The van der Waals surface area contributed by atoms with Gasteiger partial charge in [0.25, 0.3) is 0 Å². The Hall–Kier alpha value is -2.33. The van der Waals surface area contributed by atoms with E-state index < -0.39 is 51.8 Å². The van der Waals surface area contributed by atoms with Crippen LogP contribution in [0.2, 0.25) is 0 Å². The van der Waals surface area contributed by atoms with Crippen LogP contribution in [0.1, 0.15) is 206 Å². The van der Waals surface area contributed by atoms with E-state index in [4.69, 9.17) is 23.6 Å². The van der Waals surface area contributed by atoms with Crippen LogP contribution in [0, 0.1) is 0 Å². The number of ether oxygens (including phenoxy) is 2. The Labute approximate surface area is 372 Å². The van der Waals surface area contributed by atoms with Crippen LogP contribution in [0.5, 0.6) is 0 Å². The predicted molar refractivity (Wildman–Crippen MR) is 251 cm³/mol. The maximum absolute atomic E-state index is 12.7. The summed E-state index contributed by atoms with van der Waals surface area (Å²) < 4.78 is 32.8. The maximum Gasteiger partial charge on any atom is 0.472 e. The van der Waals surface area contributed by atoms with Gasteiger partial charge in [-0.05, 0) is 77.0 Å². The Bertz CT molecular complexity index is 1200. The van der Waals surface area contributed by atoms with Gasteiger partial charge in [-0.3, -0.25) is 18.6 Å². The van der Waals surface area contributed by atoms with Crippen LogP contribution in [0.25, 0.3) is 0 Å². The number of aliphatic hydroxyl groups is 2. The second-order valence-corrected chi connectivity index (χ2v) is 17.6. The third-order valence-electron chi connectivity index (χ3n) is 10.2. The van der Waals surface area contributed by atoms with E-state index in [2.05, 4.69) is 74.6 Å². The van der Waals surface area contributed by atoms with E-state index in [0.717, 1.165) is 83.5 Å². The minimum atomic E-state index is -4.63. The molecule has 0 aromatic heterocycles. The molecule has 0 amide bonds. The average Bonchev–Trinajstić information content (AvgIpc) is 3.25. The van der Waals surface area contributed by atoms with Crippen molar-refractivity contribution in [1.29, 1.82) is 0 Å². The molecule has 11 heteroatoms. The molecular weight excluding hydrogens is 792 g/mol. The molecule has 0 bridgehead atoms. The Kier molecular flexibility index (Phi) is 43.9. The van der Waals surface area contributed by atoms with Gasteiger partial charge < -0.3 is 24.6 Å². The van der Waals surface area contributed by atoms with Gasteiger partial charge in [-0.1, -0.05) is 177 Å². The van der Waals surface area contributed by atoms with Gasteiger partial charge in [0.2, 0.25) is 0 Å². The number of aliphatic hydroxyl groups excluding tert-OH is 2. The van der Waals surface area contributed by atoms with Crippen LogP contribution in [0.15, 0.2) is 60.8 Å². The number of hydrogen-bond acceptors (Lipinski definition) is 9. The van der Waals surface area contributed by atoms with E-state index in [-0.39, 0.29) is 19.4 Å². The van der Waals surface area contributed by atoms with Crippen molar-refractivity contribution in [2.45, 2.75) is 219 Å². The number of carbonyl (C=O) groups is 2. The van der Waals surface area contributed by atoms with E-state index in [1.165, 1.54) is 83.5 Å². The van der Waals surface area contributed by atoms with Crippen molar-refractivity contribution >= 4 is 19.8 Å². The highest BCUT2D eigenvalue weighted by Gasteiger charge is 2.27. The Morgan fingerprint density at radius 2 is 0.902 bits per heavy atom. The molecule has 0 aliphatic carbocycles. The molecule has 0 rings (SSSR count). The summed E-state index contributed by atoms with van der Waals surface area (Å²) in [6.45, 7) is 2.26. The van der Waals surface area contributed by atoms with Gasteiger partial charge >= 0.3 is 19.8 Å². The molecule has 10 nitrogen and oxygen atoms in total. The van der Waals surface area contributed by atoms with E-state index in [9.17, 15) is 24.2 Å². The zero-order chi connectivity index (χ0) is 44.8. The molecule has 61 heavy (non-hydrogen) atoms. The van der Waals surface area contributed by atoms with Crippen molar-refractivity contribution in [2.24, 2.45) is 0 Å². The summed E-state index contributed by atoms with van der Waals surface area (Å²) in [6, 6.07) is 0. The number of phosphoric ester groups is 1. The lowest BCUT2D eigenvalue weighted by Crippen LogP contribution is -2.29. The minimum Gasteiger partial charge on any atom is -0.462 e. The number of phosphoric acid groups is 1. The molecule has 3 atom stereocenters. The fourth-order valence-corrected chi connectivity index (χ4v) is 7.24. The van der Waals surface area contributed by atoms with E-state index in [0.29, 0.717) is 12.8 Å². The SMILES string of the molecule is CC/C=C\C/C=C\C/C=C\C/C=C\CCCCCCCCCCCCC(=O)OC(COC(=O)CCCCCCC/C=C\CCCCCCCC)COP(=O)(O)OCC(O)CO. The zero-order valence-electron chi connectivity index (χ0n) is 38.6. The number of allylic oxidation sites excluding steroid dienone is 10. The van der Waals surface area contributed by atoms with Crippen LogP contribution in [0.4, 0.5) is 0 Å². The van der Waals surface area contributed by atoms with E-state index in [1.807, 2.05) is 0 Å². The van der Waals surface area contributed by atoms with Gasteiger partial charge in [-0.25, -0.2) is 4.57 Å². The lowest BCUT2D eigenvalue weighted by atomic mass is 10.0. The molecule has 0 spiro atoms. The second kappa shape index (κ2) is 45.7. The Morgan fingerprint density at radius 1 is 0.508 bits per heavy atom. The molecule has 0 fully saturated rings. The van der Waals surface area contributed by atoms with Gasteiger partial charge in [0.1, 0.15) is 12.7 Å². The topological polar surface area (TPSA) is 149 Å². The lowest BCUT2D eigenvalue weighted by molar-refractivity contribution is -0.161. The van der Waals surface area contributed by atoms with Gasteiger partial charge in [0, 0.05) is 12.8 Å². The largest absolute Gasteiger partial charge is 0.472 e. The monoisotopic (exact) mass is 881 g/mol. The smallest absolute Gasteiger partial charge is 0.462 e. The molecule has 0 heterocycles. The van der Waals surface area contributed by atoms with Crippen molar-refractivity contribution in [1.82, 2.24) is 0 Å². The highest BCUT2D eigenvalue weighted by Crippen LogP contribution is 2.43. The first-order valence-corrected chi connectivity index (χ1v) is 25.7. The molecule has 0 radical (unpaired) electrons. The lowest BCUT2D eigenvalue weighted by Gasteiger charge is -2.20. The van der Waals surface area contributed by atoms with Crippen LogP contribution in [0.3, 0.4) is 0 Å². The normalized spacial score (nSPS) is 14.2. The number of rotatable bonds is 45. The van der Waals surface area contributed by atoms with Crippen molar-refractivity contribution in [3.63, 3.8) is 0 Å². The molecule has 0 aliphatic rings. The summed E-state index contributed by atoms with van der Waals surface area (Å²) in [7, 11) is -4.63. The molecule has 0 saturated carbocycles. The van der Waals surface area contributed by atoms with Crippen LogP contribution in [-0.2, 0) is 32.7 Å². The van der Waals surface area contributed by atoms with Crippen molar-refractivity contribution < 1.29 is 47.8 Å². The van der Waals surface area contributed by atoms with Gasteiger partial charge in [0.15, 0.2) is 6.10 Å². The molecule has 0 aromatic carbocycles. The first-order chi connectivity index (χ1) is 29.7. The van der Waals surface area contributed by atoms with Crippen LogP contribution < -0.4 is 0 Å². The van der Waals surface area contributed by atoms with E-state index in [1.54, 1.807) is 0 Å². The summed E-state index contributed by atoms with van der Waals surface area (Å²) in [4.78, 5) is 35.1. The Balaban J connectivity index is 4.22. The fraction of sp³-hybridized carbons (Fsp3) is 0.760. The number of unbranched alkanes of at least 4 members (excludes halogenated alkanes) is 21. The second-order valence-electron chi connectivity index (χ2n) is 16.1. The molecule has 0 aliphatic heterocycles. The van der Waals surface area contributed by atoms with E-state index >= 15 is 0 Å². The summed E-state index contributed by atoms with van der Waals surface area (Å²) >= 11 is 0. The molecule has 354 valence electrons. The third kappa shape index (κ3) is 45.5. The molecular formula is C50H89O10P. The van der Waals surface area contributed by atoms with Crippen molar-refractivity contribution in [3.8, 4) is 0 Å². The van der Waals surface area contributed by atoms with Gasteiger partial charge in [-0.15, -0.1) is 0 Å². The maximum atomic E-state index is 12.7. The van der Waals surface area contributed by atoms with Crippen molar-refractivity contribution in [3.05, 3.63) is 60.8 Å². The number of esters is 2. The highest BCUT2D eigenvalue weighted by atomic mass is 31.2. The first kappa shape index (κ1) is 58.7. The number of hydrogen-bond donors (Lipinski definition) is 3.